The number of hydrogen-bond acceptors (Lipinski definition) is 2. The van der Waals surface area contributed by atoms with Gasteiger partial charge in [-0.05, 0) is 43.9 Å². The van der Waals surface area contributed by atoms with Gasteiger partial charge in [0.1, 0.15) is 5.75 Å². The Balaban J connectivity index is 2.65. The molecule has 2 heteroatoms. The van der Waals surface area contributed by atoms with Crippen molar-refractivity contribution in [1.82, 2.24) is 0 Å². The normalized spacial score (nSPS) is 14.1. The van der Waals surface area contributed by atoms with Gasteiger partial charge in [-0.2, -0.15) is 0 Å². The third-order valence-corrected chi connectivity index (χ3v) is 4.06. The van der Waals surface area contributed by atoms with Crippen molar-refractivity contribution in [1.29, 1.82) is 0 Å². The molecule has 1 aromatic rings. The molecule has 0 saturated carbocycles. The van der Waals surface area contributed by atoms with Crippen LogP contribution in [0.15, 0.2) is 47.7 Å². The van der Waals surface area contributed by atoms with Gasteiger partial charge in [0.05, 0.1) is 12.8 Å². The van der Waals surface area contributed by atoms with Crippen LogP contribution in [0.5, 0.6) is 5.75 Å². The van der Waals surface area contributed by atoms with Gasteiger partial charge in [-0.25, -0.2) is 0 Å². The second-order valence-electron chi connectivity index (χ2n) is 5.66. The van der Waals surface area contributed by atoms with Crippen LogP contribution in [-0.2, 0) is 0 Å². The largest absolute Gasteiger partial charge is 0.495 e. The fraction of sp³-hybridized carbons (Fsp3) is 0.368. The fourth-order valence-corrected chi connectivity index (χ4v) is 2.90. The molecule has 0 aromatic heterocycles. The maximum atomic E-state index is 5.54. The average Bonchev–Trinajstić information content (AvgIpc) is 2.48. The summed E-state index contributed by atoms with van der Waals surface area (Å²) in [6.45, 7) is 10.8. The van der Waals surface area contributed by atoms with Gasteiger partial charge in [0, 0.05) is 18.3 Å². The Kier molecular flexibility index (Phi) is 4.56. The van der Waals surface area contributed by atoms with Gasteiger partial charge in [-0.15, -0.1) is 0 Å². The zero-order chi connectivity index (χ0) is 15.6. The molecule has 0 N–H and O–H groups in total. The molecule has 0 atom stereocenters. The summed E-state index contributed by atoms with van der Waals surface area (Å²) in [5.74, 6) is 0.906. The quantitative estimate of drug-likeness (QED) is 0.706. The molecule has 21 heavy (non-hydrogen) atoms. The molecule has 1 aromatic carbocycles. The summed E-state index contributed by atoms with van der Waals surface area (Å²) in [7, 11) is 3.79. The van der Waals surface area contributed by atoms with Crippen molar-refractivity contribution >= 4 is 11.3 Å². The lowest BCUT2D eigenvalue weighted by Gasteiger charge is -2.34. The van der Waals surface area contributed by atoms with E-state index >= 15 is 0 Å². The van der Waals surface area contributed by atoms with E-state index in [0.29, 0.717) is 0 Å². The highest BCUT2D eigenvalue weighted by molar-refractivity contribution is 5.89. The van der Waals surface area contributed by atoms with Crippen LogP contribution in [0.4, 0.5) is 5.69 Å². The lowest BCUT2D eigenvalue weighted by Crippen LogP contribution is -2.23. The summed E-state index contributed by atoms with van der Waals surface area (Å²) in [4.78, 5) is 2.15. The van der Waals surface area contributed by atoms with Crippen LogP contribution in [-0.4, -0.2) is 14.2 Å². The molecular weight excluding hydrogens is 258 g/mol. The zero-order valence-corrected chi connectivity index (χ0v) is 13.8. The topological polar surface area (TPSA) is 12.5 Å². The van der Waals surface area contributed by atoms with Crippen molar-refractivity contribution in [2.45, 2.75) is 33.6 Å². The second-order valence-corrected chi connectivity index (χ2v) is 5.66. The van der Waals surface area contributed by atoms with E-state index in [-0.39, 0.29) is 0 Å². The van der Waals surface area contributed by atoms with Crippen LogP contribution < -0.4 is 9.64 Å². The van der Waals surface area contributed by atoms with E-state index in [0.717, 1.165) is 30.0 Å². The van der Waals surface area contributed by atoms with Gasteiger partial charge < -0.3 is 9.64 Å². The van der Waals surface area contributed by atoms with Crippen molar-refractivity contribution in [2.75, 3.05) is 19.1 Å². The van der Waals surface area contributed by atoms with Crippen LogP contribution >= 0.6 is 0 Å². The monoisotopic (exact) mass is 283 g/mol. The number of ether oxygens (including phenoxy) is 1. The molecule has 0 amide bonds. The first-order valence-corrected chi connectivity index (χ1v) is 7.47. The number of anilines is 1. The summed E-state index contributed by atoms with van der Waals surface area (Å²) in [6.07, 6.45) is 4.21. The number of fused-ring (bicyclic) bond motifs is 1. The molecule has 0 spiro atoms. The predicted octanol–water partition coefficient (Wildman–Crippen LogP) is 5.18. The SMILES string of the molecule is C=C1C(CC=C(C)C)=C(CC)c2cccc(OC)c2N1C. The highest BCUT2D eigenvalue weighted by Crippen LogP contribution is 2.45. The highest BCUT2D eigenvalue weighted by atomic mass is 16.5. The van der Waals surface area contributed by atoms with Crippen molar-refractivity contribution < 1.29 is 4.74 Å². The van der Waals surface area contributed by atoms with Crippen molar-refractivity contribution in [3.63, 3.8) is 0 Å². The molecule has 2 nitrogen and oxygen atoms in total. The van der Waals surface area contributed by atoms with Crippen LogP contribution in [0.1, 0.15) is 39.2 Å². The Morgan fingerprint density at radius 2 is 2.00 bits per heavy atom. The first kappa shape index (κ1) is 15.4. The van der Waals surface area contributed by atoms with Crippen LogP contribution in [0.25, 0.3) is 5.57 Å². The Labute approximate surface area is 128 Å². The van der Waals surface area contributed by atoms with Gasteiger partial charge in [0.2, 0.25) is 0 Å². The van der Waals surface area contributed by atoms with Gasteiger partial charge in [-0.3, -0.25) is 0 Å². The standard InChI is InChI=1S/C19H25NO/c1-7-15-16(12-11-13(2)3)14(4)20(5)19-17(15)9-8-10-18(19)21-6/h8-11H,4,7,12H2,1-3,5-6H3. The molecule has 0 bridgehead atoms. The van der Waals surface area contributed by atoms with Crippen LogP contribution in [0.3, 0.4) is 0 Å². The molecule has 0 radical (unpaired) electrons. The molecule has 1 aliphatic rings. The highest BCUT2D eigenvalue weighted by Gasteiger charge is 2.26. The van der Waals surface area contributed by atoms with Crippen LogP contribution in [0, 0.1) is 0 Å². The van der Waals surface area contributed by atoms with Gasteiger partial charge in [0.25, 0.3) is 0 Å². The number of nitrogens with zero attached hydrogens (tertiary/aromatic N) is 1. The minimum Gasteiger partial charge on any atom is -0.495 e. The van der Waals surface area contributed by atoms with Gasteiger partial charge in [0.15, 0.2) is 0 Å². The Bertz CT molecular complexity index is 618. The maximum absolute atomic E-state index is 5.54. The molecule has 0 fully saturated rings. The average molecular weight is 283 g/mol. The van der Waals surface area contributed by atoms with E-state index in [2.05, 4.69) is 57.5 Å². The molecule has 0 unspecified atom stereocenters. The molecule has 2 rings (SSSR count). The maximum Gasteiger partial charge on any atom is 0.143 e. The number of rotatable bonds is 4. The molecular formula is C19H25NO. The third-order valence-electron chi connectivity index (χ3n) is 4.06. The molecule has 112 valence electrons. The molecule has 0 saturated heterocycles. The molecule has 0 aliphatic carbocycles. The van der Waals surface area contributed by atoms with Gasteiger partial charge >= 0.3 is 0 Å². The van der Waals surface area contributed by atoms with E-state index in [4.69, 9.17) is 4.74 Å². The summed E-state index contributed by atoms with van der Waals surface area (Å²) in [5.41, 5.74) is 7.52. The second kappa shape index (κ2) is 6.21. The lowest BCUT2D eigenvalue weighted by molar-refractivity contribution is 0.415. The smallest absolute Gasteiger partial charge is 0.143 e. The Morgan fingerprint density at radius 1 is 1.29 bits per heavy atom. The molecule has 1 heterocycles. The third kappa shape index (κ3) is 2.76. The number of benzene rings is 1. The first-order chi connectivity index (χ1) is 10.0. The number of likely N-dealkylation sites (N-methyl/N-ethyl adjacent to an activating group) is 1. The Hall–Kier alpha value is -1.96. The minimum absolute atomic E-state index is 0.906. The Morgan fingerprint density at radius 3 is 2.57 bits per heavy atom. The summed E-state index contributed by atoms with van der Waals surface area (Å²) >= 11 is 0. The fourth-order valence-electron chi connectivity index (χ4n) is 2.90. The number of hydrogen-bond donors (Lipinski definition) is 0. The van der Waals surface area contributed by atoms with Crippen molar-refractivity contribution in [3.05, 3.63) is 53.3 Å². The minimum atomic E-state index is 0.906. The van der Waals surface area contributed by atoms with Crippen molar-refractivity contribution in [2.24, 2.45) is 0 Å². The zero-order valence-electron chi connectivity index (χ0n) is 13.8. The summed E-state index contributed by atoms with van der Waals surface area (Å²) in [6, 6.07) is 6.26. The predicted molar refractivity (Wildman–Crippen MR) is 91.8 cm³/mol. The van der Waals surface area contributed by atoms with Crippen molar-refractivity contribution in [3.8, 4) is 5.75 Å². The van der Waals surface area contributed by atoms with Crippen LogP contribution in [0.2, 0.25) is 0 Å². The summed E-state index contributed by atoms with van der Waals surface area (Å²) in [5, 5.41) is 0. The van der Waals surface area contributed by atoms with E-state index in [1.165, 1.54) is 22.3 Å². The van der Waals surface area contributed by atoms with E-state index < -0.39 is 0 Å². The lowest BCUT2D eigenvalue weighted by atomic mass is 9.88. The van der Waals surface area contributed by atoms with Gasteiger partial charge in [-0.1, -0.05) is 37.3 Å². The molecule has 1 aliphatic heterocycles. The number of allylic oxidation sites excluding steroid dienone is 4. The van der Waals surface area contributed by atoms with E-state index in [1.807, 2.05) is 6.07 Å². The van der Waals surface area contributed by atoms with E-state index in [1.54, 1.807) is 7.11 Å². The first-order valence-electron chi connectivity index (χ1n) is 7.47. The van der Waals surface area contributed by atoms with E-state index in [9.17, 15) is 0 Å². The number of para-hydroxylation sites is 1. The summed E-state index contributed by atoms with van der Waals surface area (Å²) < 4.78 is 5.54. The number of methoxy groups -OCH3 is 1.